The maximum atomic E-state index is 13.9. The predicted octanol–water partition coefficient (Wildman–Crippen LogP) is 2.52. The predicted molar refractivity (Wildman–Crippen MR) is 146 cm³/mol. The third-order valence-corrected chi connectivity index (χ3v) is 9.00. The maximum absolute atomic E-state index is 13.9. The molecule has 9 nitrogen and oxygen atoms in total. The minimum absolute atomic E-state index is 0.119. The molecule has 1 spiro atoms. The largest absolute Gasteiger partial charge is 0.396 e. The number of anilines is 2. The number of hydrogen-bond donors (Lipinski definition) is 3. The van der Waals surface area contributed by atoms with E-state index in [9.17, 15) is 14.4 Å². The van der Waals surface area contributed by atoms with Gasteiger partial charge in [-0.2, -0.15) is 0 Å². The van der Waals surface area contributed by atoms with Crippen LogP contribution in [0.25, 0.3) is 0 Å². The lowest BCUT2D eigenvalue weighted by Crippen LogP contribution is -2.54. The Kier molecular flexibility index (Phi) is 8.81. The summed E-state index contributed by atoms with van der Waals surface area (Å²) in [6.07, 6.45) is 3.15. The van der Waals surface area contributed by atoms with E-state index in [4.69, 9.17) is 9.84 Å². The number of nitrogens with zero attached hydrogens (tertiary/aromatic N) is 2. The highest BCUT2D eigenvalue weighted by Crippen LogP contribution is 2.60. The minimum Gasteiger partial charge on any atom is -0.396 e. The fourth-order valence-corrected chi connectivity index (χ4v) is 7.38. The molecule has 2 bridgehead atoms. The SMILES string of the molecule is CCN(CC)c1ccc(NC(=O)C2N(CCCCCCO)C(=O)[C@@H]3[C@H](C(=O)NC)[C@H]4OC23CC4Br)cc1. The molecular formula is C27H39BrN4O5. The van der Waals surface area contributed by atoms with Crippen molar-refractivity contribution in [1.29, 1.82) is 0 Å². The summed E-state index contributed by atoms with van der Waals surface area (Å²) in [6.45, 7) is 6.53. The number of fused-ring (bicyclic) bond motifs is 1. The number of aliphatic hydroxyl groups is 1. The van der Waals surface area contributed by atoms with E-state index < -0.39 is 29.6 Å². The highest BCUT2D eigenvalue weighted by Gasteiger charge is 2.76. The van der Waals surface area contributed by atoms with E-state index in [0.717, 1.165) is 31.6 Å². The number of rotatable bonds is 12. The van der Waals surface area contributed by atoms with Gasteiger partial charge in [0.05, 0.1) is 17.9 Å². The molecule has 3 amide bonds. The highest BCUT2D eigenvalue weighted by molar-refractivity contribution is 9.09. The molecule has 0 aliphatic carbocycles. The van der Waals surface area contributed by atoms with E-state index >= 15 is 0 Å². The Hall–Kier alpha value is -2.17. The van der Waals surface area contributed by atoms with Gasteiger partial charge in [0, 0.05) is 49.5 Å². The molecular weight excluding hydrogens is 540 g/mol. The van der Waals surface area contributed by atoms with Gasteiger partial charge >= 0.3 is 0 Å². The van der Waals surface area contributed by atoms with Gasteiger partial charge in [0.2, 0.25) is 17.7 Å². The number of amides is 3. The first kappa shape index (κ1) is 27.9. The summed E-state index contributed by atoms with van der Waals surface area (Å²) in [5.41, 5.74) is 0.682. The van der Waals surface area contributed by atoms with Crippen molar-refractivity contribution in [2.24, 2.45) is 11.8 Å². The number of unbranched alkanes of at least 4 members (excludes halogenated alkanes) is 3. The fraction of sp³-hybridized carbons (Fsp3) is 0.667. The number of halogens is 1. The Morgan fingerprint density at radius 3 is 2.43 bits per heavy atom. The molecule has 3 fully saturated rings. The number of ether oxygens (including phenoxy) is 1. The Bertz CT molecular complexity index is 988. The lowest BCUT2D eigenvalue weighted by Gasteiger charge is -2.34. The van der Waals surface area contributed by atoms with Gasteiger partial charge in [0.1, 0.15) is 11.6 Å². The zero-order valence-electron chi connectivity index (χ0n) is 21.9. The molecule has 6 atom stereocenters. The first-order valence-corrected chi connectivity index (χ1v) is 14.3. The fourth-order valence-electron chi connectivity index (χ4n) is 6.44. The maximum Gasteiger partial charge on any atom is 0.250 e. The summed E-state index contributed by atoms with van der Waals surface area (Å²) in [5.74, 6) is -2.04. The summed E-state index contributed by atoms with van der Waals surface area (Å²) in [7, 11) is 1.56. The zero-order chi connectivity index (χ0) is 26.7. The molecule has 0 radical (unpaired) electrons. The number of nitrogens with one attached hydrogen (secondary N) is 2. The molecule has 3 unspecified atom stereocenters. The van der Waals surface area contributed by atoms with E-state index in [1.807, 2.05) is 24.3 Å². The summed E-state index contributed by atoms with van der Waals surface area (Å²) in [4.78, 5) is 44.3. The Balaban J connectivity index is 1.60. The molecule has 0 saturated carbocycles. The van der Waals surface area contributed by atoms with Gasteiger partial charge in [-0.15, -0.1) is 0 Å². The average Bonchev–Trinajstić information content (AvgIpc) is 3.48. The second-order valence-corrected chi connectivity index (χ2v) is 11.3. The van der Waals surface area contributed by atoms with E-state index in [1.165, 1.54) is 0 Å². The standard InChI is InChI=1S/C27H39BrN4O5/c1-4-31(5-2)18-12-10-17(11-13-18)30-25(35)23-27-16-19(28)22(37-27)20(24(34)29-3)21(27)26(36)32(23)14-8-6-7-9-15-33/h10-13,19-23,33H,4-9,14-16H2,1-3H3,(H,29,34)(H,30,35)/t19?,20-,21-,22-,23?,27?/m0/s1. The number of carbonyl (C=O) groups is 3. The molecule has 3 saturated heterocycles. The smallest absolute Gasteiger partial charge is 0.250 e. The number of benzene rings is 1. The second kappa shape index (κ2) is 11.7. The number of hydrogen-bond acceptors (Lipinski definition) is 6. The van der Waals surface area contributed by atoms with Crippen molar-refractivity contribution in [3.8, 4) is 0 Å². The number of alkyl halides is 1. The van der Waals surface area contributed by atoms with Gasteiger partial charge in [0.25, 0.3) is 0 Å². The van der Waals surface area contributed by atoms with Crippen LogP contribution in [0.5, 0.6) is 0 Å². The molecule has 37 heavy (non-hydrogen) atoms. The zero-order valence-corrected chi connectivity index (χ0v) is 23.5. The van der Waals surface area contributed by atoms with Crippen LogP contribution in [0.1, 0.15) is 46.0 Å². The second-order valence-electron chi connectivity index (χ2n) is 10.2. The Morgan fingerprint density at radius 2 is 1.81 bits per heavy atom. The molecule has 204 valence electrons. The quantitative estimate of drug-likeness (QED) is 0.259. The number of carbonyl (C=O) groups excluding carboxylic acids is 3. The van der Waals surface area contributed by atoms with Gasteiger partial charge in [-0.25, -0.2) is 0 Å². The van der Waals surface area contributed by atoms with E-state index in [1.54, 1.807) is 11.9 Å². The normalized spacial score (nSPS) is 29.9. The van der Waals surface area contributed by atoms with Crippen LogP contribution in [0.3, 0.4) is 0 Å². The third kappa shape index (κ3) is 5.00. The summed E-state index contributed by atoms with van der Waals surface area (Å²) in [5, 5.41) is 14.8. The molecule has 0 aromatic heterocycles. The van der Waals surface area contributed by atoms with Crippen molar-refractivity contribution in [3.05, 3.63) is 24.3 Å². The van der Waals surface area contributed by atoms with Crippen LogP contribution in [0.15, 0.2) is 24.3 Å². The first-order valence-electron chi connectivity index (χ1n) is 13.4. The monoisotopic (exact) mass is 578 g/mol. The van der Waals surface area contributed by atoms with Crippen LogP contribution in [0.2, 0.25) is 0 Å². The number of aliphatic hydroxyl groups excluding tert-OH is 1. The molecule has 1 aromatic carbocycles. The van der Waals surface area contributed by atoms with Gasteiger partial charge in [-0.05, 0) is 57.4 Å². The Morgan fingerprint density at radius 1 is 1.14 bits per heavy atom. The third-order valence-electron chi connectivity index (χ3n) is 8.16. The van der Waals surface area contributed by atoms with E-state index in [0.29, 0.717) is 31.5 Å². The summed E-state index contributed by atoms with van der Waals surface area (Å²) < 4.78 is 6.46. The minimum atomic E-state index is -1.05. The lowest BCUT2D eigenvalue weighted by atomic mass is 9.70. The molecule has 3 aliphatic rings. The molecule has 4 rings (SSSR count). The van der Waals surface area contributed by atoms with Gasteiger partial charge in [0.15, 0.2) is 0 Å². The van der Waals surface area contributed by atoms with Gasteiger partial charge < -0.3 is 30.3 Å². The van der Waals surface area contributed by atoms with Gasteiger partial charge in [-0.1, -0.05) is 28.8 Å². The Labute approximate surface area is 227 Å². The van der Waals surface area contributed by atoms with Crippen molar-refractivity contribution < 1.29 is 24.2 Å². The van der Waals surface area contributed by atoms with Crippen LogP contribution in [-0.4, -0.2) is 83.6 Å². The molecule has 10 heteroatoms. The van der Waals surface area contributed by atoms with Gasteiger partial charge in [-0.3, -0.25) is 14.4 Å². The van der Waals surface area contributed by atoms with Crippen molar-refractivity contribution in [1.82, 2.24) is 10.2 Å². The topological polar surface area (TPSA) is 111 Å². The van der Waals surface area contributed by atoms with E-state index in [2.05, 4.69) is 45.3 Å². The van der Waals surface area contributed by atoms with Crippen LogP contribution in [0, 0.1) is 11.8 Å². The molecule has 3 aliphatic heterocycles. The average molecular weight is 580 g/mol. The van der Waals surface area contributed by atoms with E-state index in [-0.39, 0.29) is 29.2 Å². The summed E-state index contributed by atoms with van der Waals surface area (Å²) in [6, 6.07) is 6.89. The number of likely N-dealkylation sites (tertiary alicyclic amines) is 1. The van der Waals surface area contributed by atoms with Crippen molar-refractivity contribution >= 4 is 45.0 Å². The van der Waals surface area contributed by atoms with Crippen LogP contribution in [0.4, 0.5) is 11.4 Å². The van der Waals surface area contributed by atoms with Crippen molar-refractivity contribution in [2.45, 2.75) is 68.5 Å². The van der Waals surface area contributed by atoms with Crippen LogP contribution < -0.4 is 15.5 Å². The lowest BCUT2D eigenvalue weighted by molar-refractivity contribution is -0.140. The molecule has 3 N–H and O–H groups in total. The first-order chi connectivity index (χ1) is 17.8. The molecule has 3 heterocycles. The summed E-state index contributed by atoms with van der Waals surface area (Å²) >= 11 is 3.67. The van der Waals surface area contributed by atoms with Crippen molar-refractivity contribution in [2.75, 3.05) is 43.5 Å². The van der Waals surface area contributed by atoms with Crippen LogP contribution >= 0.6 is 15.9 Å². The highest BCUT2D eigenvalue weighted by atomic mass is 79.9. The van der Waals surface area contributed by atoms with Crippen molar-refractivity contribution in [3.63, 3.8) is 0 Å². The van der Waals surface area contributed by atoms with Crippen LogP contribution in [-0.2, 0) is 19.1 Å². The molecule has 1 aromatic rings.